The number of fused-ring (bicyclic) bond motifs is 2. The van der Waals surface area contributed by atoms with Crippen LogP contribution in [0.1, 0.15) is 37.9 Å². The van der Waals surface area contributed by atoms with Gasteiger partial charge in [0.1, 0.15) is 5.58 Å². The Morgan fingerprint density at radius 1 is 1.19 bits per heavy atom. The van der Waals surface area contributed by atoms with Gasteiger partial charge in [-0.25, -0.2) is 4.79 Å². The summed E-state index contributed by atoms with van der Waals surface area (Å²) in [5.74, 6) is -1.34. The molecule has 0 bridgehead atoms. The third-order valence-corrected chi connectivity index (χ3v) is 5.32. The number of benzene rings is 2. The standard InChI is InChI=1S/C19H13Cl2NO4/c20-13-8-12-11(16(21)15(13)19(24)25)3-5-22-17(12)18(23)10-2-1-9-4-6-26-14(9)7-10/h1-2,4,6-8,17,22H,3,5H2,(H,24,25). The van der Waals surface area contributed by atoms with Crippen LogP contribution in [0, 0.1) is 0 Å². The molecule has 2 aromatic carbocycles. The van der Waals surface area contributed by atoms with E-state index in [-0.39, 0.29) is 21.4 Å². The molecule has 2 heterocycles. The van der Waals surface area contributed by atoms with Gasteiger partial charge < -0.3 is 14.8 Å². The van der Waals surface area contributed by atoms with Gasteiger partial charge in [-0.15, -0.1) is 0 Å². The summed E-state index contributed by atoms with van der Waals surface area (Å²) in [7, 11) is 0. The van der Waals surface area contributed by atoms with E-state index < -0.39 is 12.0 Å². The highest BCUT2D eigenvalue weighted by Crippen LogP contribution is 2.37. The van der Waals surface area contributed by atoms with E-state index in [2.05, 4.69) is 5.32 Å². The first-order valence-electron chi connectivity index (χ1n) is 7.96. The minimum Gasteiger partial charge on any atom is -0.478 e. The van der Waals surface area contributed by atoms with Gasteiger partial charge in [0, 0.05) is 17.5 Å². The second-order valence-electron chi connectivity index (χ2n) is 6.09. The third kappa shape index (κ3) is 2.69. The van der Waals surface area contributed by atoms with E-state index in [1.807, 2.05) is 12.1 Å². The average Bonchev–Trinajstić information content (AvgIpc) is 3.08. The summed E-state index contributed by atoms with van der Waals surface area (Å²) < 4.78 is 5.37. The van der Waals surface area contributed by atoms with E-state index in [1.165, 1.54) is 6.07 Å². The second-order valence-corrected chi connectivity index (χ2v) is 6.88. The normalized spacial score (nSPS) is 16.5. The molecule has 0 saturated carbocycles. The minimum absolute atomic E-state index is 0.0178. The van der Waals surface area contributed by atoms with Crippen LogP contribution in [0.5, 0.6) is 0 Å². The van der Waals surface area contributed by atoms with E-state index in [0.29, 0.717) is 35.2 Å². The molecule has 2 N–H and O–H groups in total. The lowest BCUT2D eigenvalue weighted by atomic mass is 9.88. The number of rotatable bonds is 3. The quantitative estimate of drug-likeness (QED) is 0.644. The van der Waals surface area contributed by atoms with Crippen molar-refractivity contribution in [2.75, 3.05) is 6.54 Å². The van der Waals surface area contributed by atoms with Crippen molar-refractivity contribution in [1.29, 1.82) is 0 Å². The Labute approximate surface area is 158 Å². The van der Waals surface area contributed by atoms with Gasteiger partial charge in [0.05, 0.1) is 27.9 Å². The van der Waals surface area contributed by atoms with Crippen LogP contribution in [0.3, 0.4) is 0 Å². The Hall–Kier alpha value is -2.34. The van der Waals surface area contributed by atoms with Gasteiger partial charge in [0.2, 0.25) is 0 Å². The Morgan fingerprint density at radius 3 is 2.77 bits per heavy atom. The molecule has 1 atom stereocenters. The van der Waals surface area contributed by atoms with E-state index in [1.54, 1.807) is 18.4 Å². The summed E-state index contributed by atoms with van der Waals surface area (Å²) in [6, 6.07) is 7.96. The Bertz CT molecular complexity index is 1060. The summed E-state index contributed by atoms with van der Waals surface area (Å²) in [6.45, 7) is 0.507. The zero-order chi connectivity index (χ0) is 18.4. The molecule has 3 aromatic rings. The van der Waals surface area contributed by atoms with Crippen LogP contribution in [-0.4, -0.2) is 23.4 Å². The van der Waals surface area contributed by atoms with Crippen molar-refractivity contribution in [1.82, 2.24) is 5.32 Å². The molecular weight excluding hydrogens is 377 g/mol. The number of nitrogens with one attached hydrogen (secondary N) is 1. The summed E-state index contributed by atoms with van der Waals surface area (Å²) in [6.07, 6.45) is 2.09. The third-order valence-electron chi connectivity index (χ3n) is 4.61. The molecule has 1 aromatic heterocycles. The summed E-state index contributed by atoms with van der Waals surface area (Å²) in [5, 5.41) is 13.5. The molecule has 26 heavy (non-hydrogen) atoms. The number of carboxylic acids is 1. The number of carboxylic acid groups (broad SMARTS) is 1. The van der Waals surface area contributed by atoms with Gasteiger partial charge in [0.15, 0.2) is 5.78 Å². The second kappa shape index (κ2) is 6.43. The molecular formula is C19H13Cl2NO4. The van der Waals surface area contributed by atoms with Crippen molar-refractivity contribution in [2.45, 2.75) is 12.5 Å². The molecule has 0 radical (unpaired) electrons. The van der Waals surface area contributed by atoms with Gasteiger partial charge in [-0.05, 0) is 35.7 Å². The molecule has 0 spiro atoms. The molecule has 132 valence electrons. The lowest BCUT2D eigenvalue weighted by Gasteiger charge is -2.27. The zero-order valence-electron chi connectivity index (χ0n) is 13.4. The van der Waals surface area contributed by atoms with E-state index in [4.69, 9.17) is 27.6 Å². The van der Waals surface area contributed by atoms with Crippen LogP contribution >= 0.6 is 23.2 Å². The van der Waals surface area contributed by atoms with Crippen molar-refractivity contribution in [3.63, 3.8) is 0 Å². The van der Waals surface area contributed by atoms with Crippen molar-refractivity contribution < 1.29 is 19.1 Å². The monoisotopic (exact) mass is 389 g/mol. The molecule has 0 fully saturated rings. The summed E-state index contributed by atoms with van der Waals surface area (Å²) in [4.78, 5) is 24.5. The number of aromatic carboxylic acids is 1. The van der Waals surface area contributed by atoms with Crippen LogP contribution in [0.15, 0.2) is 41.0 Å². The first-order valence-corrected chi connectivity index (χ1v) is 8.72. The zero-order valence-corrected chi connectivity index (χ0v) is 14.9. The largest absolute Gasteiger partial charge is 0.478 e. The SMILES string of the molecule is O=C(O)c1c(Cl)cc2c(c1Cl)CCNC2C(=O)c1ccc2ccoc2c1. The molecule has 1 aliphatic rings. The van der Waals surface area contributed by atoms with Gasteiger partial charge in [-0.1, -0.05) is 35.3 Å². The highest BCUT2D eigenvalue weighted by atomic mass is 35.5. The van der Waals surface area contributed by atoms with Crippen LogP contribution < -0.4 is 5.32 Å². The molecule has 0 saturated heterocycles. The molecule has 4 rings (SSSR count). The lowest BCUT2D eigenvalue weighted by molar-refractivity contribution is 0.0697. The molecule has 1 unspecified atom stereocenters. The number of furan rings is 1. The van der Waals surface area contributed by atoms with Gasteiger partial charge in [0.25, 0.3) is 0 Å². The summed E-state index contributed by atoms with van der Waals surface area (Å²) >= 11 is 12.4. The fourth-order valence-electron chi connectivity index (χ4n) is 3.35. The predicted octanol–water partition coefficient (Wildman–Crippen LogP) is 4.51. The number of ketones is 1. The van der Waals surface area contributed by atoms with Gasteiger partial charge in [-0.2, -0.15) is 0 Å². The smallest absolute Gasteiger partial charge is 0.338 e. The Morgan fingerprint density at radius 2 is 2.00 bits per heavy atom. The number of hydrogen-bond acceptors (Lipinski definition) is 4. The average molecular weight is 390 g/mol. The fraction of sp³-hybridized carbons (Fsp3) is 0.158. The van der Waals surface area contributed by atoms with Gasteiger partial charge >= 0.3 is 5.97 Å². The van der Waals surface area contributed by atoms with E-state index in [0.717, 1.165) is 5.39 Å². The fourth-order valence-corrected chi connectivity index (χ4v) is 4.07. The molecule has 0 aliphatic carbocycles. The highest BCUT2D eigenvalue weighted by molar-refractivity contribution is 6.40. The first kappa shape index (κ1) is 17.1. The van der Waals surface area contributed by atoms with Crippen molar-refractivity contribution >= 4 is 45.9 Å². The maximum Gasteiger partial charge on any atom is 0.338 e. The van der Waals surface area contributed by atoms with Crippen LogP contribution in [0.4, 0.5) is 0 Å². The van der Waals surface area contributed by atoms with Crippen molar-refractivity contribution in [2.24, 2.45) is 0 Å². The van der Waals surface area contributed by atoms with E-state index >= 15 is 0 Å². The number of hydrogen-bond donors (Lipinski definition) is 2. The molecule has 7 heteroatoms. The predicted molar refractivity (Wildman–Crippen MR) is 98.4 cm³/mol. The topological polar surface area (TPSA) is 79.5 Å². The van der Waals surface area contributed by atoms with Crippen LogP contribution in [0.25, 0.3) is 11.0 Å². The Balaban J connectivity index is 1.80. The molecule has 0 amide bonds. The maximum absolute atomic E-state index is 13.1. The Kier molecular flexibility index (Phi) is 4.23. The highest BCUT2D eigenvalue weighted by Gasteiger charge is 2.31. The minimum atomic E-state index is -1.19. The number of halogens is 2. The molecule has 5 nitrogen and oxygen atoms in total. The summed E-state index contributed by atoms with van der Waals surface area (Å²) in [5.41, 5.74) is 2.25. The van der Waals surface area contributed by atoms with Crippen molar-refractivity contribution in [3.05, 3.63) is 68.9 Å². The lowest BCUT2D eigenvalue weighted by Crippen LogP contribution is -2.35. The van der Waals surface area contributed by atoms with Gasteiger partial charge in [-0.3, -0.25) is 4.79 Å². The number of carbonyl (C=O) groups excluding carboxylic acids is 1. The van der Waals surface area contributed by atoms with E-state index in [9.17, 15) is 14.7 Å². The van der Waals surface area contributed by atoms with Crippen LogP contribution in [-0.2, 0) is 6.42 Å². The first-order chi connectivity index (χ1) is 12.5. The number of Topliss-reactive ketones (excluding diaryl/α,β-unsaturated/α-hetero) is 1. The van der Waals surface area contributed by atoms with Crippen molar-refractivity contribution in [3.8, 4) is 0 Å². The maximum atomic E-state index is 13.1. The molecule has 1 aliphatic heterocycles. The number of carbonyl (C=O) groups is 2. The van der Waals surface area contributed by atoms with Crippen LogP contribution in [0.2, 0.25) is 10.0 Å².